The lowest BCUT2D eigenvalue weighted by Crippen LogP contribution is -2.39. The summed E-state index contributed by atoms with van der Waals surface area (Å²) < 4.78 is 21.0. The van der Waals surface area contributed by atoms with Crippen molar-refractivity contribution in [2.75, 3.05) is 6.61 Å². The number of esters is 3. The van der Waals surface area contributed by atoms with E-state index >= 15 is 0 Å². The molecule has 1 heterocycles. The van der Waals surface area contributed by atoms with Crippen LogP contribution in [-0.4, -0.2) is 54.2 Å². The number of hydrogen-bond acceptors (Lipinski definition) is 8. The summed E-state index contributed by atoms with van der Waals surface area (Å²) in [5, 5.41) is 10.4. The number of aliphatic hydroxyl groups is 1. The summed E-state index contributed by atoms with van der Waals surface area (Å²) in [6.45, 7) is 0.846. The first-order chi connectivity index (χ1) is 14.0. The van der Waals surface area contributed by atoms with Crippen molar-refractivity contribution in [3.63, 3.8) is 0 Å². The number of carbonyl (C=O) groups excluding carboxylic acids is 3. The van der Waals surface area contributed by atoms with Crippen molar-refractivity contribution in [3.8, 4) is 0 Å². The Balaban J connectivity index is 1.70. The fraction of sp³-hybridized carbons (Fsp3) is 0.286. The van der Waals surface area contributed by atoms with E-state index in [1.165, 1.54) is 0 Å². The van der Waals surface area contributed by atoms with Crippen LogP contribution in [-0.2, 0) is 23.7 Å². The molecule has 3 rings (SSSR count). The monoisotopic (exact) mass is 400 g/mol. The van der Waals surface area contributed by atoms with Crippen molar-refractivity contribution in [1.29, 1.82) is 0 Å². The summed E-state index contributed by atoms with van der Waals surface area (Å²) in [7, 11) is 0. The van der Waals surface area contributed by atoms with Gasteiger partial charge in [0.1, 0.15) is 12.7 Å². The molecule has 1 aliphatic rings. The van der Waals surface area contributed by atoms with Gasteiger partial charge in [-0.1, -0.05) is 36.4 Å². The zero-order chi connectivity index (χ0) is 20.8. The molecule has 0 bridgehead atoms. The minimum Gasteiger partial charge on any atom is -0.459 e. The van der Waals surface area contributed by atoms with E-state index in [-0.39, 0.29) is 12.2 Å². The predicted molar refractivity (Wildman–Crippen MR) is 98.8 cm³/mol. The lowest BCUT2D eigenvalue weighted by atomic mass is 10.1. The zero-order valence-electron chi connectivity index (χ0n) is 15.6. The second kappa shape index (κ2) is 9.31. The highest BCUT2D eigenvalue weighted by Crippen LogP contribution is 2.26. The van der Waals surface area contributed by atoms with Crippen LogP contribution in [0.1, 0.15) is 27.6 Å². The number of ether oxygens (including phenoxy) is 4. The van der Waals surface area contributed by atoms with Crippen molar-refractivity contribution < 1.29 is 38.4 Å². The lowest BCUT2D eigenvalue weighted by Gasteiger charge is -2.20. The van der Waals surface area contributed by atoms with Gasteiger partial charge < -0.3 is 24.1 Å². The SMILES string of the molecule is CC(=O)O[C@@H]1O[C@H](COC(=O)c2ccccc2)C(OC(=O)c2ccccc2)C1O. The molecule has 0 radical (unpaired) electrons. The molecule has 1 fully saturated rings. The van der Waals surface area contributed by atoms with E-state index in [1.807, 2.05) is 0 Å². The van der Waals surface area contributed by atoms with Gasteiger partial charge in [0.25, 0.3) is 0 Å². The maximum absolute atomic E-state index is 12.4. The lowest BCUT2D eigenvalue weighted by molar-refractivity contribution is -0.187. The molecule has 152 valence electrons. The minimum atomic E-state index is -1.44. The number of hydrogen-bond donors (Lipinski definition) is 1. The van der Waals surface area contributed by atoms with Crippen LogP contribution in [0.5, 0.6) is 0 Å². The largest absolute Gasteiger partial charge is 0.459 e. The van der Waals surface area contributed by atoms with Crippen LogP contribution in [0.3, 0.4) is 0 Å². The number of rotatable bonds is 6. The van der Waals surface area contributed by atoms with E-state index in [2.05, 4.69) is 0 Å². The average Bonchev–Trinajstić information content (AvgIpc) is 3.01. The molecule has 0 spiro atoms. The Morgan fingerprint density at radius 1 is 0.897 bits per heavy atom. The van der Waals surface area contributed by atoms with Crippen LogP contribution >= 0.6 is 0 Å². The Bertz CT molecular complexity index is 851. The second-order valence-electron chi connectivity index (χ2n) is 6.34. The molecule has 0 aliphatic carbocycles. The molecular weight excluding hydrogens is 380 g/mol. The topological polar surface area (TPSA) is 108 Å². The van der Waals surface area contributed by atoms with Gasteiger partial charge in [-0.3, -0.25) is 4.79 Å². The highest BCUT2D eigenvalue weighted by atomic mass is 16.7. The molecule has 1 saturated heterocycles. The molecule has 0 aromatic heterocycles. The first kappa shape index (κ1) is 20.5. The minimum absolute atomic E-state index is 0.274. The number of benzene rings is 2. The maximum Gasteiger partial charge on any atom is 0.338 e. The third-order valence-corrected chi connectivity index (χ3v) is 4.21. The smallest absolute Gasteiger partial charge is 0.338 e. The first-order valence-electron chi connectivity index (χ1n) is 8.94. The van der Waals surface area contributed by atoms with Crippen LogP contribution in [0, 0.1) is 0 Å². The van der Waals surface area contributed by atoms with Crippen molar-refractivity contribution in [1.82, 2.24) is 0 Å². The van der Waals surface area contributed by atoms with Crippen LogP contribution in [0.2, 0.25) is 0 Å². The first-order valence-corrected chi connectivity index (χ1v) is 8.94. The van der Waals surface area contributed by atoms with Crippen molar-refractivity contribution in [3.05, 3.63) is 71.8 Å². The van der Waals surface area contributed by atoms with Gasteiger partial charge in [-0.05, 0) is 24.3 Å². The van der Waals surface area contributed by atoms with Crippen LogP contribution in [0.25, 0.3) is 0 Å². The van der Waals surface area contributed by atoms with Gasteiger partial charge in [0, 0.05) is 6.92 Å². The van der Waals surface area contributed by atoms with E-state index in [0.717, 1.165) is 6.92 Å². The average molecular weight is 400 g/mol. The molecule has 0 saturated carbocycles. The van der Waals surface area contributed by atoms with Gasteiger partial charge >= 0.3 is 17.9 Å². The van der Waals surface area contributed by atoms with Crippen molar-refractivity contribution in [2.45, 2.75) is 31.5 Å². The third-order valence-electron chi connectivity index (χ3n) is 4.21. The Morgan fingerprint density at radius 3 is 2.00 bits per heavy atom. The summed E-state index contributed by atoms with van der Waals surface area (Å²) in [5.41, 5.74) is 0.607. The van der Waals surface area contributed by atoms with E-state index < -0.39 is 42.5 Å². The number of aliphatic hydroxyl groups excluding tert-OH is 1. The molecule has 2 aromatic rings. The molecule has 4 atom stereocenters. The van der Waals surface area contributed by atoms with E-state index in [9.17, 15) is 19.5 Å². The quantitative estimate of drug-likeness (QED) is 0.577. The molecule has 0 amide bonds. The van der Waals surface area contributed by atoms with Crippen LogP contribution in [0.15, 0.2) is 60.7 Å². The summed E-state index contributed by atoms with van der Waals surface area (Å²) in [6.07, 6.45) is -5.00. The highest BCUT2D eigenvalue weighted by Gasteiger charge is 2.48. The van der Waals surface area contributed by atoms with Crippen molar-refractivity contribution in [2.24, 2.45) is 0 Å². The van der Waals surface area contributed by atoms with Gasteiger partial charge in [-0.25, -0.2) is 9.59 Å². The molecule has 1 aliphatic heterocycles. The molecule has 8 heteroatoms. The van der Waals surface area contributed by atoms with Crippen LogP contribution in [0.4, 0.5) is 0 Å². The Morgan fingerprint density at radius 2 is 1.45 bits per heavy atom. The van der Waals surface area contributed by atoms with E-state index in [0.29, 0.717) is 5.56 Å². The van der Waals surface area contributed by atoms with Gasteiger partial charge in [-0.15, -0.1) is 0 Å². The fourth-order valence-electron chi connectivity index (χ4n) is 2.83. The second-order valence-corrected chi connectivity index (χ2v) is 6.34. The summed E-state index contributed by atoms with van der Waals surface area (Å²) in [6, 6.07) is 16.5. The molecule has 8 nitrogen and oxygen atoms in total. The predicted octanol–water partition coefficient (Wildman–Crippen LogP) is 1.72. The fourth-order valence-corrected chi connectivity index (χ4v) is 2.83. The number of carbonyl (C=O) groups is 3. The van der Waals surface area contributed by atoms with Crippen molar-refractivity contribution >= 4 is 17.9 Å². The Hall–Kier alpha value is -3.23. The van der Waals surface area contributed by atoms with Crippen LogP contribution < -0.4 is 0 Å². The Kier molecular flexibility index (Phi) is 6.58. The summed E-state index contributed by atoms with van der Waals surface area (Å²) in [4.78, 5) is 35.8. The standard InChI is InChI=1S/C21H20O8/c1-13(22)27-21-17(23)18(29-20(25)15-10-6-3-7-11-15)16(28-21)12-26-19(24)14-8-4-2-5-9-14/h2-11,16-18,21,23H,12H2,1H3/t16-,17?,18?,21-/m1/s1. The van der Waals surface area contributed by atoms with E-state index in [4.69, 9.17) is 18.9 Å². The zero-order valence-corrected chi connectivity index (χ0v) is 15.6. The normalized spacial score (nSPS) is 23.2. The maximum atomic E-state index is 12.4. The van der Waals surface area contributed by atoms with E-state index in [1.54, 1.807) is 60.7 Å². The molecule has 29 heavy (non-hydrogen) atoms. The summed E-state index contributed by atoms with van der Waals surface area (Å²) in [5.74, 6) is -1.97. The Labute approximate surface area is 167 Å². The molecule has 2 aromatic carbocycles. The summed E-state index contributed by atoms with van der Waals surface area (Å²) >= 11 is 0. The van der Waals surface area contributed by atoms with Gasteiger partial charge in [0.05, 0.1) is 11.1 Å². The van der Waals surface area contributed by atoms with Gasteiger partial charge in [-0.2, -0.15) is 0 Å². The van der Waals surface area contributed by atoms with Gasteiger partial charge in [0.2, 0.25) is 6.29 Å². The molecule has 2 unspecified atom stereocenters. The molecular formula is C21H20O8. The molecule has 1 N–H and O–H groups in total. The highest BCUT2D eigenvalue weighted by molar-refractivity contribution is 5.90. The third kappa shape index (κ3) is 5.18. The van der Waals surface area contributed by atoms with Gasteiger partial charge in [0.15, 0.2) is 12.2 Å².